The van der Waals surface area contributed by atoms with Crippen molar-refractivity contribution in [2.24, 2.45) is 5.73 Å². The smallest absolute Gasteiger partial charge is 0.404 e. The summed E-state index contributed by atoms with van der Waals surface area (Å²) >= 11 is 0. The van der Waals surface area contributed by atoms with Gasteiger partial charge in [0.25, 0.3) is 0 Å². The van der Waals surface area contributed by atoms with Crippen molar-refractivity contribution in [3.63, 3.8) is 0 Å². The van der Waals surface area contributed by atoms with Gasteiger partial charge in [0, 0.05) is 16.0 Å². The van der Waals surface area contributed by atoms with Gasteiger partial charge in [-0.25, -0.2) is 4.79 Å². The zero-order valence-corrected chi connectivity index (χ0v) is 9.88. The average Bonchev–Trinajstić information content (AvgIpc) is 2.92. The molecule has 0 aliphatic heterocycles. The van der Waals surface area contributed by atoms with E-state index in [0.717, 1.165) is 5.56 Å². The van der Waals surface area contributed by atoms with Crippen LogP contribution in [-0.4, -0.2) is 21.0 Å². The summed E-state index contributed by atoms with van der Waals surface area (Å²) in [6, 6.07) is 10.9. The van der Waals surface area contributed by atoms with Crippen molar-refractivity contribution in [2.75, 3.05) is 0 Å². The SMILES string of the molecule is NC(=O)OCc1ccccc1.O=[N+]([O-])n1cccn1. The predicted molar refractivity (Wildman–Crippen MR) is 65.4 cm³/mol. The highest BCUT2D eigenvalue weighted by molar-refractivity contribution is 5.64. The third-order valence-corrected chi connectivity index (χ3v) is 1.88. The monoisotopic (exact) mass is 264 g/mol. The van der Waals surface area contributed by atoms with Crippen LogP contribution in [0.25, 0.3) is 0 Å². The number of ether oxygens (including phenoxy) is 1. The summed E-state index contributed by atoms with van der Waals surface area (Å²) in [5, 5.41) is 12.5. The van der Waals surface area contributed by atoms with E-state index in [-0.39, 0.29) is 6.61 Å². The van der Waals surface area contributed by atoms with Crippen LogP contribution in [-0.2, 0) is 11.3 Å². The fraction of sp³-hybridized carbons (Fsp3) is 0.0909. The Balaban J connectivity index is 0.000000200. The van der Waals surface area contributed by atoms with Gasteiger partial charge in [0.2, 0.25) is 0 Å². The van der Waals surface area contributed by atoms with Crippen molar-refractivity contribution in [1.82, 2.24) is 9.89 Å². The van der Waals surface area contributed by atoms with Crippen molar-refractivity contribution in [2.45, 2.75) is 6.61 Å². The molecule has 2 N–H and O–H groups in total. The maximum absolute atomic E-state index is 10.2. The summed E-state index contributed by atoms with van der Waals surface area (Å²) in [6.07, 6.45) is 1.87. The maximum Gasteiger partial charge on any atom is 0.404 e. The first kappa shape index (κ1) is 14.2. The van der Waals surface area contributed by atoms with Crippen LogP contribution in [0.1, 0.15) is 5.56 Å². The van der Waals surface area contributed by atoms with Crippen molar-refractivity contribution >= 4 is 6.09 Å². The summed E-state index contributed by atoms with van der Waals surface area (Å²) < 4.78 is 4.57. The normalized spacial score (nSPS) is 9.05. The number of carbonyl (C=O) groups excluding carboxylic acids is 1. The first-order valence-corrected chi connectivity index (χ1v) is 5.20. The predicted octanol–water partition coefficient (Wildman–Crippen LogP) is 1.20. The van der Waals surface area contributed by atoms with Gasteiger partial charge in [0.05, 0.1) is 5.03 Å². The molecule has 1 amide bonds. The molecule has 0 atom stereocenters. The Morgan fingerprint density at radius 1 is 1.37 bits per heavy atom. The molecule has 0 unspecified atom stereocenters. The molecular weight excluding hydrogens is 252 g/mol. The molecule has 0 aliphatic rings. The number of hydrogen-bond donors (Lipinski definition) is 1. The standard InChI is InChI=1S/C8H9NO2.C3H3N3O2/c9-8(10)11-6-7-4-2-1-3-5-7;7-6(8)5-3-1-2-4-5/h1-5H,6H2,(H2,9,10);1-3H. The van der Waals surface area contributed by atoms with Gasteiger partial charge in [-0.05, 0) is 5.56 Å². The average molecular weight is 264 g/mol. The topological polar surface area (TPSA) is 113 Å². The number of aromatic nitrogens is 2. The molecule has 0 saturated heterocycles. The van der Waals surface area contributed by atoms with Gasteiger partial charge in [-0.1, -0.05) is 30.3 Å². The van der Waals surface area contributed by atoms with Gasteiger partial charge < -0.3 is 20.6 Å². The first-order chi connectivity index (χ1) is 9.09. The summed E-state index contributed by atoms with van der Waals surface area (Å²) in [7, 11) is 0. The van der Waals surface area contributed by atoms with Crippen LogP contribution in [0, 0.1) is 10.1 Å². The van der Waals surface area contributed by atoms with Crippen LogP contribution in [0.2, 0.25) is 0 Å². The zero-order chi connectivity index (χ0) is 14.1. The quantitative estimate of drug-likeness (QED) is 0.661. The zero-order valence-electron chi connectivity index (χ0n) is 9.88. The lowest BCUT2D eigenvalue weighted by atomic mass is 10.2. The molecule has 0 radical (unpaired) electrons. The molecule has 8 heteroatoms. The molecule has 0 fully saturated rings. The number of benzene rings is 1. The minimum absolute atomic E-state index is 0.246. The van der Waals surface area contributed by atoms with E-state index in [0.29, 0.717) is 4.79 Å². The van der Waals surface area contributed by atoms with Crippen molar-refractivity contribution in [1.29, 1.82) is 0 Å². The fourth-order valence-electron chi connectivity index (χ4n) is 1.09. The molecule has 0 spiro atoms. The van der Waals surface area contributed by atoms with E-state index in [4.69, 9.17) is 5.73 Å². The lowest BCUT2D eigenvalue weighted by Gasteiger charge is -1.99. The number of hydrogen-bond acceptors (Lipinski definition) is 5. The summed E-state index contributed by atoms with van der Waals surface area (Å²) in [6.45, 7) is 0.246. The third-order valence-electron chi connectivity index (χ3n) is 1.88. The van der Waals surface area contributed by atoms with Crippen LogP contribution in [0.3, 0.4) is 0 Å². The molecule has 8 nitrogen and oxygen atoms in total. The van der Waals surface area contributed by atoms with Crippen LogP contribution >= 0.6 is 0 Å². The molecule has 100 valence electrons. The minimum atomic E-state index is -0.742. The van der Waals surface area contributed by atoms with Crippen LogP contribution < -0.4 is 5.73 Å². The molecule has 2 rings (SSSR count). The molecule has 19 heavy (non-hydrogen) atoms. The van der Waals surface area contributed by atoms with E-state index >= 15 is 0 Å². The van der Waals surface area contributed by atoms with Gasteiger partial charge in [-0.2, -0.15) is 0 Å². The molecule has 0 aliphatic carbocycles. The number of primary amides is 1. The molecule has 0 bridgehead atoms. The van der Waals surface area contributed by atoms with Crippen LogP contribution in [0.15, 0.2) is 48.8 Å². The molecule has 2 aromatic rings. The fourth-order valence-corrected chi connectivity index (χ4v) is 1.09. The van der Waals surface area contributed by atoms with Gasteiger partial charge in [-0.3, -0.25) is 0 Å². The van der Waals surface area contributed by atoms with E-state index in [9.17, 15) is 14.9 Å². The van der Waals surface area contributed by atoms with Gasteiger partial charge in [0.15, 0.2) is 6.20 Å². The second-order valence-corrected chi connectivity index (χ2v) is 3.26. The van der Waals surface area contributed by atoms with Crippen LogP contribution in [0.5, 0.6) is 0 Å². The number of carbonyl (C=O) groups is 1. The number of nitrogens with zero attached hydrogens (tertiary/aromatic N) is 3. The Labute approximate surface area is 108 Å². The van der Waals surface area contributed by atoms with Gasteiger partial charge >= 0.3 is 6.09 Å². The Kier molecular flexibility index (Phi) is 5.54. The van der Waals surface area contributed by atoms with E-state index in [1.807, 2.05) is 30.3 Å². The molecule has 1 aromatic heterocycles. The number of nitro groups is 1. The number of nitrogens with two attached hydrogens (primary N) is 1. The Hall–Kier alpha value is -2.90. The summed E-state index contributed by atoms with van der Waals surface area (Å²) in [4.78, 5) is 20.6. The van der Waals surface area contributed by atoms with Gasteiger partial charge in [-0.15, -0.1) is 0 Å². The Morgan fingerprint density at radius 3 is 2.47 bits per heavy atom. The lowest BCUT2D eigenvalue weighted by Crippen LogP contribution is -2.12. The van der Waals surface area contributed by atoms with E-state index in [2.05, 4.69) is 9.84 Å². The Bertz CT molecular complexity index is 513. The summed E-state index contributed by atoms with van der Waals surface area (Å²) in [5.41, 5.74) is 5.72. The lowest BCUT2D eigenvalue weighted by molar-refractivity contribution is -0.552. The summed E-state index contributed by atoms with van der Waals surface area (Å²) in [5.74, 6) is 0. The minimum Gasteiger partial charge on any atom is -0.445 e. The highest BCUT2D eigenvalue weighted by Crippen LogP contribution is 1.99. The molecule has 1 heterocycles. The largest absolute Gasteiger partial charge is 0.445 e. The highest BCUT2D eigenvalue weighted by Gasteiger charge is 1.95. The molecule has 1 aromatic carbocycles. The molecule has 0 saturated carbocycles. The second-order valence-electron chi connectivity index (χ2n) is 3.26. The molecular formula is C11H12N4O4. The van der Waals surface area contributed by atoms with Gasteiger partial charge in [0.1, 0.15) is 12.8 Å². The number of rotatable bonds is 3. The highest BCUT2D eigenvalue weighted by atomic mass is 16.7. The Morgan fingerprint density at radius 2 is 2.05 bits per heavy atom. The van der Waals surface area contributed by atoms with Crippen molar-refractivity contribution in [3.05, 3.63) is 64.5 Å². The van der Waals surface area contributed by atoms with Crippen molar-refractivity contribution in [3.8, 4) is 0 Å². The third kappa shape index (κ3) is 5.82. The first-order valence-electron chi connectivity index (χ1n) is 5.20. The van der Waals surface area contributed by atoms with E-state index in [1.165, 1.54) is 18.5 Å². The van der Waals surface area contributed by atoms with E-state index < -0.39 is 11.1 Å². The van der Waals surface area contributed by atoms with Crippen LogP contribution in [0.4, 0.5) is 4.79 Å². The van der Waals surface area contributed by atoms with E-state index in [1.54, 1.807) is 0 Å². The number of amides is 1. The maximum atomic E-state index is 10.2. The second kappa shape index (κ2) is 7.43. The van der Waals surface area contributed by atoms with Crippen molar-refractivity contribution < 1.29 is 14.6 Å².